The van der Waals surface area contributed by atoms with Crippen LogP contribution < -0.4 is 4.90 Å². The van der Waals surface area contributed by atoms with Crippen molar-refractivity contribution in [2.24, 2.45) is 0 Å². The van der Waals surface area contributed by atoms with Crippen LogP contribution >= 0.6 is 0 Å². The first kappa shape index (κ1) is 31.6. The van der Waals surface area contributed by atoms with Crippen LogP contribution in [0, 0.1) is 0 Å². The van der Waals surface area contributed by atoms with Crippen molar-refractivity contribution in [3.05, 3.63) is 212 Å². The van der Waals surface area contributed by atoms with Crippen LogP contribution in [-0.2, 0) is 0 Å². The van der Waals surface area contributed by atoms with Crippen molar-refractivity contribution in [1.82, 2.24) is 0 Å². The minimum Gasteiger partial charge on any atom is -0.455 e. The number of fused-ring (bicyclic) bond motifs is 4. The first-order valence-electron chi connectivity index (χ1n) is 18.4. The number of rotatable bonds is 7. The summed E-state index contributed by atoms with van der Waals surface area (Å²) in [6.07, 6.45) is 0. The van der Waals surface area contributed by atoms with Crippen molar-refractivity contribution >= 4 is 49.8 Å². The summed E-state index contributed by atoms with van der Waals surface area (Å²) in [6, 6.07) is 75.7. The normalized spacial score (nSPS) is 11.3. The third-order valence-electron chi connectivity index (χ3n) is 10.5. The van der Waals surface area contributed by atoms with E-state index < -0.39 is 0 Å². The van der Waals surface area contributed by atoms with Crippen LogP contribution in [0.3, 0.4) is 0 Å². The van der Waals surface area contributed by atoms with Crippen LogP contribution in [0.5, 0.6) is 0 Å². The maximum Gasteiger partial charge on any atom is 0.145 e. The Morgan fingerprint density at radius 1 is 0.333 bits per heavy atom. The zero-order valence-corrected chi connectivity index (χ0v) is 29.6. The molecule has 0 atom stereocenters. The molecule has 2 nitrogen and oxygen atoms in total. The Morgan fingerprint density at radius 2 is 0.741 bits per heavy atom. The van der Waals surface area contributed by atoms with Gasteiger partial charge in [0.2, 0.25) is 0 Å². The molecule has 0 aliphatic carbocycles. The Kier molecular flexibility index (Phi) is 7.85. The van der Waals surface area contributed by atoms with Gasteiger partial charge in [-0.2, -0.15) is 0 Å². The molecule has 0 aliphatic rings. The van der Waals surface area contributed by atoms with Crippen LogP contribution in [0.25, 0.3) is 77.2 Å². The average molecular weight is 690 g/mol. The summed E-state index contributed by atoms with van der Waals surface area (Å²) in [4.78, 5) is 2.37. The van der Waals surface area contributed by atoms with Crippen LogP contribution in [0.4, 0.5) is 17.1 Å². The summed E-state index contributed by atoms with van der Waals surface area (Å²) in [6.45, 7) is 0. The topological polar surface area (TPSA) is 16.4 Å². The highest BCUT2D eigenvalue weighted by molar-refractivity contribution is 6.19. The summed E-state index contributed by atoms with van der Waals surface area (Å²) in [5, 5.41) is 4.53. The minimum atomic E-state index is 0.877. The highest BCUT2D eigenvalue weighted by Crippen LogP contribution is 2.47. The molecule has 9 aromatic carbocycles. The highest BCUT2D eigenvalue weighted by atomic mass is 16.3. The number of hydrogen-bond acceptors (Lipinski definition) is 2. The largest absolute Gasteiger partial charge is 0.455 e. The van der Waals surface area contributed by atoms with Gasteiger partial charge in [0.05, 0.1) is 11.1 Å². The van der Waals surface area contributed by atoms with E-state index >= 15 is 0 Å². The number of anilines is 3. The van der Waals surface area contributed by atoms with E-state index in [1.165, 1.54) is 38.8 Å². The van der Waals surface area contributed by atoms with Crippen molar-refractivity contribution in [1.29, 1.82) is 0 Å². The van der Waals surface area contributed by atoms with Gasteiger partial charge in [0, 0.05) is 22.3 Å². The van der Waals surface area contributed by atoms with Crippen molar-refractivity contribution in [3.8, 4) is 44.5 Å². The van der Waals surface area contributed by atoms with E-state index in [0.717, 1.165) is 55.5 Å². The van der Waals surface area contributed by atoms with E-state index in [9.17, 15) is 0 Å². The van der Waals surface area contributed by atoms with Gasteiger partial charge in [0.25, 0.3) is 0 Å². The van der Waals surface area contributed by atoms with Crippen LogP contribution in [0.1, 0.15) is 0 Å². The van der Waals surface area contributed by atoms with Gasteiger partial charge in [0.1, 0.15) is 11.2 Å². The molecule has 0 radical (unpaired) electrons. The lowest BCUT2D eigenvalue weighted by atomic mass is 9.98. The molecule has 0 unspecified atom stereocenters. The molecule has 10 rings (SSSR count). The summed E-state index contributed by atoms with van der Waals surface area (Å²) in [7, 11) is 0. The maximum absolute atomic E-state index is 6.88. The van der Waals surface area contributed by atoms with Crippen LogP contribution in [0.2, 0.25) is 0 Å². The highest BCUT2D eigenvalue weighted by Gasteiger charge is 2.23. The molecule has 0 aliphatic heterocycles. The minimum absolute atomic E-state index is 0.877. The molecule has 10 aromatic rings. The first-order valence-corrected chi connectivity index (χ1v) is 18.4. The number of benzene rings is 9. The summed E-state index contributed by atoms with van der Waals surface area (Å²) >= 11 is 0. The molecule has 1 aromatic heterocycles. The smallest absolute Gasteiger partial charge is 0.145 e. The van der Waals surface area contributed by atoms with Crippen molar-refractivity contribution in [2.75, 3.05) is 4.90 Å². The Bertz CT molecular complexity index is 2880. The molecule has 254 valence electrons. The predicted octanol–water partition coefficient (Wildman–Crippen LogP) is 14.9. The Balaban J connectivity index is 1.15. The molecule has 0 spiro atoms. The Morgan fingerprint density at radius 3 is 1.24 bits per heavy atom. The quantitative estimate of drug-likeness (QED) is 0.166. The lowest BCUT2D eigenvalue weighted by Gasteiger charge is -2.27. The van der Waals surface area contributed by atoms with E-state index in [-0.39, 0.29) is 0 Å². The fourth-order valence-corrected chi connectivity index (χ4v) is 7.73. The number of hydrogen-bond donors (Lipinski definition) is 0. The predicted molar refractivity (Wildman–Crippen MR) is 228 cm³/mol. The molecule has 0 N–H and O–H groups in total. The number of furan rings is 1. The molecule has 0 saturated heterocycles. The molecule has 1 heterocycles. The molecule has 0 bridgehead atoms. The van der Waals surface area contributed by atoms with Crippen LogP contribution in [-0.4, -0.2) is 0 Å². The van der Waals surface area contributed by atoms with Crippen molar-refractivity contribution in [3.63, 3.8) is 0 Å². The van der Waals surface area contributed by atoms with Gasteiger partial charge in [-0.25, -0.2) is 0 Å². The average Bonchev–Trinajstić information content (AvgIpc) is 3.63. The Hall–Kier alpha value is -7.16. The van der Waals surface area contributed by atoms with E-state index in [4.69, 9.17) is 4.42 Å². The molecule has 54 heavy (non-hydrogen) atoms. The first-order chi connectivity index (χ1) is 26.8. The fraction of sp³-hybridized carbons (Fsp3) is 0. The van der Waals surface area contributed by atoms with Gasteiger partial charge in [-0.05, 0) is 98.2 Å². The zero-order valence-electron chi connectivity index (χ0n) is 29.6. The molecule has 0 amide bonds. The molecule has 0 saturated carbocycles. The monoisotopic (exact) mass is 689 g/mol. The van der Waals surface area contributed by atoms with Crippen molar-refractivity contribution < 1.29 is 4.42 Å². The second-order valence-electron chi connectivity index (χ2n) is 13.7. The van der Waals surface area contributed by atoms with E-state index in [0.29, 0.717) is 0 Å². The molecule has 2 heteroatoms. The van der Waals surface area contributed by atoms with Gasteiger partial charge in [0.15, 0.2) is 0 Å². The van der Waals surface area contributed by atoms with Crippen molar-refractivity contribution in [2.45, 2.75) is 0 Å². The second-order valence-corrected chi connectivity index (χ2v) is 13.7. The van der Waals surface area contributed by atoms with E-state index in [2.05, 4.69) is 217 Å². The third-order valence-corrected chi connectivity index (χ3v) is 10.5. The number of nitrogens with zero attached hydrogens (tertiary/aromatic N) is 1. The Labute approximate surface area is 314 Å². The summed E-state index contributed by atoms with van der Waals surface area (Å²) < 4.78 is 6.88. The summed E-state index contributed by atoms with van der Waals surface area (Å²) in [5.41, 5.74) is 14.3. The fourth-order valence-electron chi connectivity index (χ4n) is 7.73. The SMILES string of the molecule is c1ccc(-c2ccc(-c3ccc(N(c4ccc(-c5ccccc5)cc4)c4ccc(-c5ccccc5)c5oc6cc7ccccc7cc6c45)cc3)cc2)cc1. The standard InChI is InChI=1S/C52H35NO/c1-4-12-36(13-5-1)38-20-22-39(23-21-38)41-26-30-46(31-27-41)53(45-28-24-40(25-29-45)37-14-6-2-7-15-37)49-33-32-47(42-16-8-3-9-17-42)52-51(49)48-34-43-18-10-11-19-44(43)35-50(48)54-52/h1-35H. The van der Waals surface area contributed by atoms with Gasteiger partial charge in [-0.15, -0.1) is 0 Å². The molecular weight excluding hydrogens is 655 g/mol. The van der Waals surface area contributed by atoms with Gasteiger partial charge >= 0.3 is 0 Å². The lowest BCUT2D eigenvalue weighted by molar-refractivity contribution is 0.670. The second kappa shape index (κ2) is 13.4. The van der Waals surface area contributed by atoms with Crippen LogP contribution in [0.15, 0.2) is 217 Å². The van der Waals surface area contributed by atoms with E-state index in [1.54, 1.807) is 0 Å². The van der Waals surface area contributed by atoms with Gasteiger partial charge in [-0.1, -0.05) is 164 Å². The molecular formula is C52H35NO. The van der Waals surface area contributed by atoms with E-state index in [1.807, 2.05) is 0 Å². The lowest BCUT2D eigenvalue weighted by Crippen LogP contribution is -2.10. The summed E-state index contributed by atoms with van der Waals surface area (Å²) in [5.74, 6) is 0. The molecule has 0 fully saturated rings. The van der Waals surface area contributed by atoms with Gasteiger partial charge < -0.3 is 9.32 Å². The third kappa shape index (κ3) is 5.71. The zero-order chi connectivity index (χ0) is 35.8. The van der Waals surface area contributed by atoms with Gasteiger partial charge in [-0.3, -0.25) is 0 Å². The maximum atomic E-state index is 6.88.